The standard InChI is InChI=1S/C13H22N2OS/c1-3-10-5-6-11(17-10)9-12(15-14)13(16-2)7-4-8-13/h5-6,12,15H,3-4,7-9,14H2,1-2H3. The fourth-order valence-corrected chi connectivity index (χ4v) is 3.54. The average Bonchev–Trinajstić information content (AvgIpc) is 2.74. The Balaban J connectivity index is 2.04. The van der Waals surface area contributed by atoms with Gasteiger partial charge < -0.3 is 4.74 Å². The number of nitrogens with two attached hydrogens (primary N) is 1. The first-order valence-corrected chi connectivity index (χ1v) is 7.14. The predicted molar refractivity (Wildman–Crippen MR) is 72.1 cm³/mol. The maximum Gasteiger partial charge on any atom is 0.0847 e. The fourth-order valence-electron chi connectivity index (χ4n) is 2.54. The Hall–Kier alpha value is -0.420. The van der Waals surface area contributed by atoms with Crippen LogP contribution >= 0.6 is 11.3 Å². The van der Waals surface area contributed by atoms with Gasteiger partial charge in [-0.15, -0.1) is 11.3 Å². The zero-order valence-corrected chi connectivity index (χ0v) is 11.5. The molecule has 1 aromatic rings. The van der Waals surface area contributed by atoms with E-state index in [0.717, 1.165) is 25.7 Å². The fraction of sp³-hybridized carbons (Fsp3) is 0.692. The van der Waals surface area contributed by atoms with E-state index in [-0.39, 0.29) is 11.6 Å². The summed E-state index contributed by atoms with van der Waals surface area (Å²) in [5.41, 5.74) is 2.92. The predicted octanol–water partition coefficient (Wildman–Crippen LogP) is 2.25. The molecular formula is C13H22N2OS. The Morgan fingerprint density at radius 2 is 2.18 bits per heavy atom. The minimum atomic E-state index is -0.0366. The second kappa shape index (κ2) is 5.48. The third-order valence-corrected chi connectivity index (χ3v) is 5.17. The maximum absolute atomic E-state index is 5.71. The number of hydrogen-bond donors (Lipinski definition) is 2. The minimum absolute atomic E-state index is 0.0366. The zero-order chi connectivity index (χ0) is 12.3. The molecule has 0 spiro atoms. The number of hydrogen-bond acceptors (Lipinski definition) is 4. The van der Waals surface area contributed by atoms with Gasteiger partial charge in [-0.2, -0.15) is 0 Å². The summed E-state index contributed by atoms with van der Waals surface area (Å²) in [5, 5.41) is 0. The Morgan fingerprint density at radius 1 is 1.47 bits per heavy atom. The van der Waals surface area contributed by atoms with Gasteiger partial charge in [-0.3, -0.25) is 11.3 Å². The number of thiophene rings is 1. The number of nitrogens with one attached hydrogen (secondary N) is 1. The molecule has 0 amide bonds. The highest BCUT2D eigenvalue weighted by molar-refractivity contribution is 7.11. The zero-order valence-electron chi connectivity index (χ0n) is 10.7. The van der Waals surface area contributed by atoms with Crippen molar-refractivity contribution in [1.82, 2.24) is 5.43 Å². The molecule has 0 aromatic carbocycles. The van der Waals surface area contributed by atoms with Crippen molar-refractivity contribution in [2.75, 3.05) is 7.11 Å². The van der Waals surface area contributed by atoms with E-state index in [1.807, 2.05) is 11.3 Å². The first-order chi connectivity index (χ1) is 8.24. The van der Waals surface area contributed by atoms with Crippen molar-refractivity contribution in [3.8, 4) is 0 Å². The van der Waals surface area contributed by atoms with Gasteiger partial charge in [-0.05, 0) is 37.8 Å². The Morgan fingerprint density at radius 3 is 2.59 bits per heavy atom. The molecule has 3 N–H and O–H groups in total. The third kappa shape index (κ3) is 2.55. The summed E-state index contributed by atoms with van der Waals surface area (Å²) in [7, 11) is 1.80. The van der Waals surface area contributed by atoms with Crippen molar-refractivity contribution in [2.45, 2.75) is 50.7 Å². The molecule has 1 heterocycles. The lowest BCUT2D eigenvalue weighted by molar-refractivity contribution is -0.0980. The van der Waals surface area contributed by atoms with Gasteiger partial charge in [0.2, 0.25) is 0 Å². The van der Waals surface area contributed by atoms with Crippen molar-refractivity contribution in [3.05, 3.63) is 21.9 Å². The SMILES string of the molecule is CCc1ccc(CC(NN)C2(OC)CCC2)s1. The molecule has 2 rings (SSSR count). The average molecular weight is 254 g/mol. The number of hydrazine groups is 1. The quantitative estimate of drug-likeness (QED) is 0.604. The van der Waals surface area contributed by atoms with Gasteiger partial charge >= 0.3 is 0 Å². The normalized spacial score (nSPS) is 19.9. The van der Waals surface area contributed by atoms with Gasteiger partial charge in [0, 0.05) is 23.3 Å². The molecule has 1 saturated carbocycles. The van der Waals surface area contributed by atoms with E-state index in [1.54, 1.807) is 7.11 Å². The summed E-state index contributed by atoms with van der Waals surface area (Å²) in [6.45, 7) is 2.19. The third-order valence-electron chi connectivity index (χ3n) is 3.91. The van der Waals surface area contributed by atoms with Gasteiger partial charge in [0.1, 0.15) is 0 Å². The molecule has 0 radical (unpaired) electrons. The van der Waals surface area contributed by atoms with Crippen molar-refractivity contribution in [2.24, 2.45) is 5.84 Å². The van der Waals surface area contributed by atoms with Crippen LogP contribution < -0.4 is 11.3 Å². The molecule has 4 heteroatoms. The Kier molecular flexibility index (Phi) is 4.20. The highest BCUT2D eigenvalue weighted by atomic mass is 32.1. The van der Waals surface area contributed by atoms with Crippen LogP contribution in [0.25, 0.3) is 0 Å². The summed E-state index contributed by atoms with van der Waals surface area (Å²) >= 11 is 1.89. The molecule has 1 aliphatic rings. The second-order valence-electron chi connectivity index (χ2n) is 4.77. The smallest absolute Gasteiger partial charge is 0.0847 e. The largest absolute Gasteiger partial charge is 0.377 e. The van der Waals surface area contributed by atoms with Gasteiger partial charge in [0.05, 0.1) is 11.6 Å². The van der Waals surface area contributed by atoms with E-state index in [9.17, 15) is 0 Å². The molecule has 17 heavy (non-hydrogen) atoms. The molecule has 1 fully saturated rings. The molecule has 0 bridgehead atoms. The lowest BCUT2D eigenvalue weighted by Crippen LogP contribution is -2.59. The van der Waals surface area contributed by atoms with Crippen LogP contribution in [0.1, 0.15) is 35.9 Å². The highest BCUT2D eigenvalue weighted by Gasteiger charge is 2.44. The molecular weight excluding hydrogens is 232 g/mol. The highest BCUT2D eigenvalue weighted by Crippen LogP contribution is 2.39. The lowest BCUT2D eigenvalue weighted by Gasteiger charge is -2.46. The number of methoxy groups -OCH3 is 1. The number of rotatable bonds is 6. The van der Waals surface area contributed by atoms with Crippen molar-refractivity contribution >= 4 is 11.3 Å². The number of ether oxygens (including phenoxy) is 1. The van der Waals surface area contributed by atoms with E-state index in [2.05, 4.69) is 24.5 Å². The van der Waals surface area contributed by atoms with Gasteiger partial charge in [0.25, 0.3) is 0 Å². The van der Waals surface area contributed by atoms with Crippen LogP contribution in [0.2, 0.25) is 0 Å². The second-order valence-corrected chi connectivity index (χ2v) is 6.02. The van der Waals surface area contributed by atoms with Crippen molar-refractivity contribution in [3.63, 3.8) is 0 Å². The van der Waals surface area contributed by atoms with Gasteiger partial charge in [-0.25, -0.2) is 0 Å². The first kappa shape index (κ1) is 13.0. The van der Waals surface area contributed by atoms with Gasteiger partial charge in [0.15, 0.2) is 0 Å². The van der Waals surface area contributed by atoms with Crippen LogP contribution in [-0.4, -0.2) is 18.8 Å². The molecule has 1 atom stereocenters. The van der Waals surface area contributed by atoms with Crippen molar-refractivity contribution < 1.29 is 4.74 Å². The summed E-state index contributed by atoms with van der Waals surface area (Å²) in [6.07, 6.45) is 5.56. The Labute approximate surface area is 107 Å². The number of aryl methyl sites for hydroxylation is 1. The van der Waals surface area contributed by atoms with Gasteiger partial charge in [-0.1, -0.05) is 6.92 Å². The van der Waals surface area contributed by atoms with Crippen LogP contribution in [0.3, 0.4) is 0 Å². The topological polar surface area (TPSA) is 47.3 Å². The van der Waals surface area contributed by atoms with E-state index < -0.39 is 0 Å². The molecule has 1 unspecified atom stereocenters. The van der Waals surface area contributed by atoms with E-state index in [1.165, 1.54) is 16.2 Å². The van der Waals surface area contributed by atoms with Crippen LogP contribution in [0.4, 0.5) is 0 Å². The first-order valence-electron chi connectivity index (χ1n) is 6.33. The molecule has 3 nitrogen and oxygen atoms in total. The molecule has 1 aromatic heterocycles. The van der Waals surface area contributed by atoms with E-state index in [4.69, 9.17) is 10.6 Å². The Bertz CT molecular complexity index is 355. The minimum Gasteiger partial charge on any atom is -0.377 e. The van der Waals surface area contributed by atoms with Crippen LogP contribution in [0.5, 0.6) is 0 Å². The molecule has 0 aliphatic heterocycles. The van der Waals surface area contributed by atoms with Crippen LogP contribution in [0, 0.1) is 0 Å². The van der Waals surface area contributed by atoms with E-state index >= 15 is 0 Å². The van der Waals surface area contributed by atoms with Crippen LogP contribution in [-0.2, 0) is 17.6 Å². The van der Waals surface area contributed by atoms with Crippen molar-refractivity contribution in [1.29, 1.82) is 0 Å². The molecule has 0 saturated heterocycles. The summed E-state index contributed by atoms with van der Waals surface area (Å²) in [4.78, 5) is 2.84. The monoisotopic (exact) mass is 254 g/mol. The maximum atomic E-state index is 5.71. The lowest BCUT2D eigenvalue weighted by atomic mass is 9.73. The summed E-state index contributed by atoms with van der Waals surface area (Å²) < 4.78 is 5.69. The van der Waals surface area contributed by atoms with Crippen LogP contribution in [0.15, 0.2) is 12.1 Å². The van der Waals surface area contributed by atoms with E-state index in [0.29, 0.717) is 0 Å². The molecule has 1 aliphatic carbocycles. The summed E-state index contributed by atoms with van der Waals surface area (Å²) in [5.74, 6) is 5.71. The molecule has 96 valence electrons. The summed E-state index contributed by atoms with van der Waals surface area (Å²) in [6, 6.07) is 4.66.